The van der Waals surface area contributed by atoms with Crippen LogP contribution in [0, 0.1) is 11.2 Å². The predicted octanol–water partition coefficient (Wildman–Crippen LogP) is 4.48. The standard InChI is InChI=1S/C21H23FN2O2/c1-20(2,3)16-9-4-5-10-17(16)24-19(26)21(11-12-21)18(25)23-15-8-6-7-14(22)13-15/h4-10,13H,11-12H2,1-3H3,(H,23,25)(H,24,26). The van der Waals surface area contributed by atoms with Gasteiger partial charge in [0.2, 0.25) is 11.8 Å². The van der Waals surface area contributed by atoms with Crippen molar-refractivity contribution in [3.8, 4) is 0 Å². The molecule has 0 heterocycles. The van der Waals surface area contributed by atoms with E-state index < -0.39 is 17.1 Å². The van der Waals surface area contributed by atoms with E-state index >= 15 is 0 Å². The Hall–Kier alpha value is -2.69. The number of rotatable bonds is 4. The smallest absolute Gasteiger partial charge is 0.240 e. The van der Waals surface area contributed by atoms with Gasteiger partial charge in [0.05, 0.1) is 0 Å². The second-order valence-corrected chi connectivity index (χ2v) is 7.80. The molecule has 3 rings (SSSR count). The van der Waals surface area contributed by atoms with Crippen LogP contribution in [-0.2, 0) is 15.0 Å². The Morgan fingerprint density at radius 2 is 1.62 bits per heavy atom. The molecule has 0 saturated heterocycles. The third-order valence-electron chi connectivity index (χ3n) is 4.69. The van der Waals surface area contributed by atoms with E-state index in [0.717, 1.165) is 11.3 Å². The van der Waals surface area contributed by atoms with Crippen LogP contribution in [-0.4, -0.2) is 11.8 Å². The number of hydrogen-bond donors (Lipinski definition) is 2. The highest BCUT2D eigenvalue weighted by atomic mass is 19.1. The highest BCUT2D eigenvalue weighted by Gasteiger charge is 2.56. The average Bonchev–Trinajstić information content (AvgIpc) is 3.36. The molecular weight excluding hydrogens is 331 g/mol. The van der Waals surface area contributed by atoms with E-state index in [1.807, 2.05) is 24.3 Å². The first-order valence-electron chi connectivity index (χ1n) is 8.70. The van der Waals surface area contributed by atoms with Crippen molar-refractivity contribution >= 4 is 23.2 Å². The molecule has 2 aromatic carbocycles. The van der Waals surface area contributed by atoms with Crippen LogP contribution in [0.4, 0.5) is 15.8 Å². The number of para-hydroxylation sites is 1. The van der Waals surface area contributed by atoms with Crippen molar-refractivity contribution < 1.29 is 14.0 Å². The molecule has 2 aromatic rings. The maximum Gasteiger partial charge on any atom is 0.240 e. The number of halogens is 1. The maximum absolute atomic E-state index is 13.3. The van der Waals surface area contributed by atoms with E-state index in [-0.39, 0.29) is 11.3 Å². The van der Waals surface area contributed by atoms with Crippen LogP contribution in [0.5, 0.6) is 0 Å². The Labute approximate surface area is 152 Å². The summed E-state index contributed by atoms with van der Waals surface area (Å²) >= 11 is 0. The fourth-order valence-corrected chi connectivity index (χ4v) is 2.99. The number of anilines is 2. The van der Waals surface area contributed by atoms with Crippen LogP contribution in [0.25, 0.3) is 0 Å². The van der Waals surface area contributed by atoms with Gasteiger partial charge in [-0.3, -0.25) is 9.59 Å². The third kappa shape index (κ3) is 3.62. The summed E-state index contributed by atoms with van der Waals surface area (Å²) in [6.45, 7) is 6.21. The van der Waals surface area contributed by atoms with Gasteiger partial charge in [-0.05, 0) is 48.1 Å². The van der Waals surface area contributed by atoms with Crippen LogP contribution in [0.2, 0.25) is 0 Å². The first-order valence-corrected chi connectivity index (χ1v) is 8.70. The Morgan fingerprint density at radius 3 is 2.23 bits per heavy atom. The van der Waals surface area contributed by atoms with E-state index in [1.165, 1.54) is 18.2 Å². The monoisotopic (exact) mass is 354 g/mol. The lowest BCUT2D eigenvalue weighted by Gasteiger charge is -2.24. The number of benzene rings is 2. The Balaban J connectivity index is 1.77. The van der Waals surface area contributed by atoms with Crippen molar-refractivity contribution in [2.75, 3.05) is 10.6 Å². The van der Waals surface area contributed by atoms with Gasteiger partial charge in [0.1, 0.15) is 11.2 Å². The molecule has 0 bridgehead atoms. The van der Waals surface area contributed by atoms with E-state index in [4.69, 9.17) is 0 Å². The summed E-state index contributed by atoms with van der Waals surface area (Å²) < 4.78 is 13.3. The molecule has 1 fully saturated rings. The molecule has 0 radical (unpaired) electrons. The molecule has 2 N–H and O–H groups in total. The SMILES string of the molecule is CC(C)(C)c1ccccc1NC(=O)C1(C(=O)Nc2cccc(F)c2)CC1. The van der Waals surface area contributed by atoms with Gasteiger partial charge in [-0.1, -0.05) is 45.0 Å². The zero-order valence-corrected chi connectivity index (χ0v) is 15.2. The fourth-order valence-electron chi connectivity index (χ4n) is 2.99. The van der Waals surface area contributed by atoms with Crippen molar-refractivity contribution in [3.63, 3.8) is 0 Å². The topological polar surface area (TPSA) is 58.2 Å². The van der Waals surface area contributed by atoms with Gasteiger partial charge in [-0.25, -0.2) is 4.39 Å². The minimum absolute atomic E-state index is 0.135. The molecule has 26 heavy (non-hydrogen) atoms. The highest BCUT2D eigenvalue weighted by molar-refractivity contribution is 6.17. The zero-order valence-electron chi connectivity index (χ0n) is 15.2. The Kier molecular flexibility index (Phi) is 4.57. The second-order valence-electron chi connectivity index (χ2n) is 7.80. The number of amides is 2. The molecule has 0 aliphatic heterocycles. The van der Waals surface area contributed by atoms with Gasteiger partial charge in [-0.15, -0.1) is 0 Å². The summed E-state index contributed by atoms with van der Waals surface area (Å²) in [5.41, 5.74) is 0.857. The van der Waals surface area contributed by atoms with Crippen molar-refractivity contribution in [1.82, 2.24) is 0 Å². The highest BCUT2D eigenvalue weighted by Crippen LogP contribution is 2.48. The van der Waals surface area contributed by atoms with Crippen molar-refractivity contribution in [2.24, 2.45) is 5.41 Å². The third-order valence-corrected chi connectivity index (χ3v) is 4.69. The molecule has 0 spiro atoms. The van der Waals surface area contributed by atoms with Gasteiger partial charge < -0.3 is 10.6 Å². The minimum Gasteiger partial charge on any atom is -0.325 e. The summed E-state index contributed by atoms with van der Waals surface area (Å²) in [6.07, 6.45) is 0.968. The normalized spacial score (nSPS) is 15.2. The summed E-state index contributed by atoms with van der Waals surface area (Å²) in [7, 11) is 0. The van der Waals surface area contributed by atoms with E-state index in [0.29, 0.717) is 18.5 Å². The predicted molar refractivity (Wildman–Crippen MR) is 100 cm³/mol. The lowest BCUT2D eigenvalue weighted by atomic mass is 9.85. The van der Waals surface area contributed by atoms with Gasteiger partial charge in [0.25, 0.3) is 0 Å². The number of carbonyl (C=O) groups is 2. The molecule has 1 aliphatic rings. The average molecular weight is 354 g/mol. The lowest BCUT2D eigenvalue weighted by Crippen LogP contribution is -2.36. The maximum atomic E-state index is 13.3. The molecular formula is C21H23FN2O2. The molecule has 4 nitrogen and oxygen atoms in total. The van der Waals surface area contributed by atoms with E-state index in [2.05, 4.69) is 31.4 Å². The van der Waals surface area contributed by atoms with Crippen LogP contribution >= 0.6 is 0 Å². The molecule has 1 saturated carbocycles. The molecule has 2 amide bonds. The van der Waals surface area contributed by atoms with E-state index in [9.17, 15) is 14.0 Å². The largest absolute Gasteiger partial charge is 0.325 e. The molecule has 0 aromatic heterocycles. The number of nitrogens with one attached hydrogen (secondary N) is 2. The number of hydrogen-bond acceptors (Lipinski definition) is 2. The van der Waals surface area contributed by atoms with Gasteiger partial charge in [0.15, 0.2) is 0 Å². The summed E-state index contributed by atoms with van der Waals surface area (Å²) in [6, 6.07) is 13.3. The van der Waals surface area contributed by atoms with Crippen LogP contribution < -0.4 is 10.6 Å². The minimum atomic E-state index is -1.09. The lowest BCUT2D eigenvalue weighted by molar-refractivity contribution is -0.131. The molecule has 0 unspecified atom stereocenters. The number of carbonyl (C=O) groups excluding carboxylic acids is 2. The van der Waals surface area contributed by atoms with Crippen LogP contribution in [0.15, 0.2) is 48.5 Å². The Morgan fingerprint density at radius 1 is 0.962 bits per heavy atom. The van der Waals surface area contributed by atoms with Crippen LogP contribution in [0.3, 0.4) is 0 Å². The zero-order chi connectivity index (χ0) is 18.9. The summed E-state index contributed by atoms with van der Waals surface area (Å²) in [5, 5.41) is 5.58. The van der Waals surface area contributed by atoms with Gasteiger partial charge >= 0.3 is 0 Å². The van der Waals surface area contributed by atoms with E-state index in [1.54, 1.807) is 6.07 Å². The second kappa shape index (κ2) is 6.56. The fraction of sp³-hybridized carbons (Fsp3) is 0.333. The summed E-state index contributed by atoms with van der Waals surface area (Å²) in [5.74, 6) is -1.15. The first kappa shape index (κ1) is 18.1. The first-order chi connectivity index (χ1) is 12.2. The molecule has 0 atom stereocenters. The van der Waals surface area contributed by atoms with Crippen molar-refractivity contribution in [2.45, 2.75) is 39.0 Å². The van der Waals surface area contributed by atoms with Gasteiger partial charge in [0, 0.05) is 11.4 Å². The van der Waals surface area contributed by atoms with Crippen molar-refractivity contribution in [3.05, 3.63) is 59.9 Å². The quantitative estimate of drug-likeness (QED) is 0.795. The van der Waals surface area contributed by atoms with Gasteiger partial charge in [-0.2, -0.15) is 0 Å². The molecule has 5 heteroatoms. The Bertz CT molecular complexity index is 851. The molecule has 1 aliphatic carbocycles. The summed E-state index contributed by atoms with van der Waals surface area (Å²) in [4.78, 5) is 25.5. The van der Waals surface area contributed by atoms with Crippen LogP contribution in [0.1, 0.15) is 39.2 Å². The molecule has 136 valence electrons. The van der Waals surface area contributed by atoms with Crippen molar-refractivity contribution in [1.29, 1.82) is 0 Å².